The van der Waals surface area contributed by atoms with Gasteiger partial charge in [0.2, 0.25) is 5.91 Å². The number of rotatable bonds is 7. The lowest BCUT2D eigenvalue weighted by Gasteiger charge is -2.43. The molecule has 3 aromatic rings. The van der Waals surface area contributed by atoms with Crippen molar-refractivity contribution < 1.29 is 23.8 Å². The van der Waals surface area contributed by atoms with Gasteiger partial charge in [-0.2, -0.15) is 5.10 Å². The number of hydrogen-bond donors (Lipinski definition) is 1. The molecule has 1 atom stereocenters. The average molecular weight is 465 g/mol. The van der Waals surface area contributed by atoms with E-state index in [1.54, 1.807) is 43.0 Å². The number of carbonyl (C=O) groups is 2. The largest absolute Gasteiger partial charge is 0.497 e. The maximum Gasteiger partial charge on any atom is 0.277 e. The molecule has 178 valence electrons. The SMILES string of the molecule is COc1ccc(CNC(=O)[C@]2(C)Cn3nc(C)cc3C(=O)N2c2cc(OC)cc(OC)c2)cc1. The second-order valence-corrected chi connectivity index (χ2v) is 8.34. The molecule has 0 saturated heterocycles. The third-order valence-electron chi connectivity index (χ3n) is 5.97. The zero-order valence-corrected chi connectivity index (χ0v) is 19.9. The Labute approximate surface area is 198 Å². The number of hydrogen-bond acceptors (Lipinski definition) is 6. The van der Waals surface area contributed by atoms with Crippen molar-refractivity contribution in [3.63, 3.8) is 0 Å². The summed E-state index contributed by atoms with van der Waals surface area (Å²) in [5.74, 6) is 1.12. The van der Waals surface area contributed by atoms with Crippen molar-refractivity contribution in [3.05, 3.63) is 65.5 Å². The van der Waals surface area contributed by atoms with Crippen molar-refractivity contribution in [1.29, 1.82) is 0 Å². The minimum absolute atomic E-state index is 0.190. The van der Waals surface area contributed by atoms with E-state index in [4.69, 9.17) is 14.2 Å². The van der Waals surface area contributed by atoms with Crippen LogP contribution in [0.3, 0.4) is 0 Å². The number of amides is 2. The van der Waals surface area contributed by atoms with E-state index in [2.05, 4.69) is 10.4 Å². The fourth-order valence-electron chi connectivity index (χ4n) is 4.15. The maximum atomic E-state index is 13.7. The molecule has 34 heavy (non-hydrogen) atoms. The van der Waals surface area contributed by atoms with E-state index in [0.29, 0.717) is 35.1 Å². The Balaban J connectivity index is 1.72. The van der Waals surface area contributed by atoms with Gasteiger partial charge >= 0.3 is 0 Å². The Hall–Kier alpha value is -4.01. The molecular weight excluding hydrogens is 436 g/mol. The molecule has 9 heteroatoms. The van der Waals surface area contributed by atoms with Gasteiger partial charge < -0.3 is 19.5 Å². The predicted octanol–water partition coefficient (Wildman–Crippen LogP) is 2.95. The topological polar surface area (TPSA) is 94.9 Å². The first-order valence-electron chi connectivity index (χ1n) is 10.8. The Bertz CT molecular complexity index is 1200. The monoisotopic (exact) mass is 464 g/mol. The molecule has 0 saturated carbocycles. The van der Waals surface area contributed by atoms with Crippen LogP contribution in [0.1, 0.15) is 28.7 Å². The van der Waals surface area contributed by atoms with Crippen LogP contribution in [0.25, 0.3) is 0 Å². The first-order chi connectivity index (χ1) is 16.3. The molecule has 0 spiro atoms. The van der Waals surface area contributed by atoms with Gasteiger partial charge in [0, 0.05) is 24.7 Å². The van der Waals surface area contributed by atoms with Crippen molar-refractivity contribution in [2.75, 3.05) is 26.2 Å². The second kappa shape index (κ2) is 9.09. The third-order valence-corrected chi connectivity index (χ3v) is 5.97. The first-order valence-corrected chi connectivity index (χ1v) is 10.8. The summed E-state index contributed by atoms with van der Waals surface area (Å²) in [7, 11) is 4.68. The molecule has 0 bridgehead atoms. The zero-order valence-electron chi connectivity index (χ0n) is 19.9. The van der Waals surface area contributed by atoms with Gasteiger partial charge in [-0.15, -0.1) is 0 Å². The van der Waals surface area contributed by atoms with E-state index >= 15 is 0 Å². The van der Waals surface area contributed by atoms with E-state index in [0.717, 1.165) is 11.3 Å². The fraction of sp³-hybridized carbons (Fsp3) is 0.320. The van der Waals surface area contributed by atoms with Gasteiger partial charge in [0.1, 0.15) is 28.5 Å². The minimum atomic E-state index is -1.26. The number of carbonyl (C=O) groups excluding carboxylic acids is 2. The van der Waals surface area contributed by atoms with Gasteiger partial charge in [-0.1, -0.05) is 12.1 Å². The summed E-state index contributed by atoms with van der Waals surface area (Å²) in [6, 6.07) is 14.3. The molecule has 4 rings (SSSR count). The number of aromatic nitrogens is 2. The normalized spacial score (nSPS) is 17.2. The van der Waals surface area contributed by atoms with Crippen molar-refractivity contribution in [2.45, 2.75) is 32.5 Å². The van der Waals surface area contributed by atoms with Gasteiger partial charge in [-0.05, 0) is 37.6 Å². The standard InChI is InChI=1S/C25H28N4O5/c1-16-10-22-23(30)29(18-11-20(33-4)13-21(12-18)34-5)25(2,15-28(22)27-16)24(31)26-14-17-6-8-19(32-3)9-7-17/h6-13H,14-15H2,1-5H3,(H,26,31)/t25-/m0/s1. The number of anilines is 1. The molecule has 2 aromatic carbocycles. The molecule has 0 fully saturated rings. The predicted molar refractivity (Wildman–Crippen MR) is 127 cm³/mol. The molecule has 1 aliphatic heterocycles. The van der Waals surface area contributed by atoms with Crippen LogP contribution in [0.15, 0.2) is 48.5 Å². The lowest BCUT2D eigenvalue weighted by molar-refractivity contribution is -0.126. The van der Waals surface area contributed by atoms with E-state index in [1.807, 2.05) is 31.2 Å². The highest BCUT2D eigenvalue weighted by molar-refractivity contribution is 6.12. The summed E-state index contributed by atoms with van der Waals surface area (Å²) in [5.41, 5.74) is 1.26. The second-order valence-electron chi connectivity index (χ2n) is 8.34. The lowest BCUT2D eigenvalue weighted by Crippen LogP contribution is -2.64. The van der Waals surface area contributed by atoms with Gasteiger partial charge in [0.15, 0.2) is 0 Å². The lowest BCUT2D eigenvalue weighted by atomic mass is 9.93. The number of benzene rings is 2. The van der Waals surface area contributed by atoms with Gasteiger partial charge in [0.05, 0.1) is 39.3 Å². The van der Waals surface area contributed by atoms with Crippen LogP contribution in [0.5, 0.6) is 17.2 Å². The number of ether oxygens (including phenoxy) is 3. The van der Waals surface area contributed by atoms with Crippen molar-refractivity contribution in [3.8, 4) is 17.2 Å². The summed E-state index contributed by atoms with van der Waals surface area (Å²) in [5, 5.41) is 7.42. The summed E-state index contributed by atoms with van der Waals surface area (Å²) in [6.45, 7) is 4.04. The molecule has 0 radical (unpaired) electrons. The van der Waals surface area contributed by atoms with E-state index < -0.39 is 5.54 Å². The number of fused-ring (bicyclic) bond motifs is 1. The molecule has 1 N–H and O–H groups in total. The molecule has 2 heterocycles. The van der Waals surface area contributed by atoms with Crippen molar-refractivity contribution >= 4 is 17.5 Å². The highest BCUT2D eigenvalue weighted by Crippen LogP contribution is 2.37. The quantitative estimate of drug-likeness (QED) is 0.578. The maximum absolute atomic E-state index is 13.7. The van der Waals surface area contributed by atoms with Crippen LogP contribution in [-0.2, 0) is 17.9 Å². The molecule has 9 nitrogen and oxygen atoms in total. The van der Waals surface area contributed by atoms with Crippen molar-refractivity contribution in [1.82, 2.24) is 15.1 Å². The highest BCUT2D eigenvalue weighted by atomic mass is 16.5. The van der Waals surface area contributed by atoms with Crippen LogP contribution >= 0.6 is 0 Å². The number of methoxy groups -OCH3 is 3. The number of aryl methyl sites for hydroxylation is 1. The Morgan fingerprint density at radius 2 is 1.62 bits per heavy atom. The van der Waals surface area contributed by atoms with Gasteiger partial charge in [-0.3, -0.25) is 19.2 Å². The van der Waals surface area contributed by atoms with E-state index in [9.17, 15) is 9.59 Å². The molecule has 0 unspecified atom stereocenters. The molecular formula is C25H28N4O5. The Morgan fingerprint density at radius 1 is 1.00 bits per heavy atom. The third kappa shape index (κ3) is 4.16. The van der Waals surface area contributed by atoms with Gasteiger partial charge in [-0.25, -0.2) is 0 Å². The van der Waals surface area contributed by atoms with Crippen LogP contribution in [-0.4, -0.2) is 48.5 Å². The summed E-state index contributed by atoms with van der Waals surface area (Å²) < 4.78 is 17.6. The van der Waals surface area contributed by atoms with Gasteiger partial charge in [0.25, 0.3) is 5.91 Å². The Kier molecular flexibility index (Phi) is 6.19. The smallest absolute Gasteiger partial charge is 0.277 e. The molecule has 1 aliphatic rings. The minimum Gasteiger partial charge on any atom is -0.497 e. The number of nitrogens with zero attached hydrogens (tertiary/aromatic N) is 3. The first kappa shape index (κ1) is 23.2. The summed E-state index contributed by atoms with van der Waals surface area (Å²) in [6.07, 6.45) is 0. The Morgan fingerprint density at radius 3 is 2.21 bits per heavy atom. The fourth-order valence-corrected chi connectivity index (χ4v) is 4.15. The summed E-state index contributed by atoms with van der Waals surface area (Å²) >= 11 is 0. The zero-order chi connectivity index (χ0) is 24.5. The van der Waals surface area contributed by atoms with Crippen LogP contribution in [0.2, 0.25) is 0 Å². The van der Waals surface area contributed by atoms with E-state index in [-0.39, 0.29) is 18.4 Å². The molecule has 1 aromatic heterocycles. The van der Waals surface area contributed by atoms with Crippen LogP contribution in [0, 0.1) is 6.92 Å². The van der Waals surface area contributed by atoms with E-state index in [1.165, 1.54) is 19.1 Å². The summed E-state index contributed by atoms with van der Waals surface area (Å²) in [4.78, 5) is 28.8. The number of nitrogens with one attached hydrogen (secondary N) is 1. The average Bonchev–Trinajstić information content (AvgIpc) is 3.22. The molecule has 0 aliphatic carbocycles. The highest BCUT2D eigenvalue weighted by Gasteiger charge is 2.49. The molecule has 2 amide bonds. The van der Waals surface area contributed by atoms with Crippen LogP contribution < -0.4 is 24.4 Å². The van der Waals surface area contributed by atoms with Crippen LogP contribution in [0.4, 0.5) is 5.69 Å². The van der Waals surface area contributed by atoms with Crippen molar-refractivity contribution in [2.24, 2.45) is 0 Å².